The third-order valence-corrected chi connectivity index (χ3v) is 16.5. The van der Waals surface area contributed by atoms with Crippen LogP contribution in [0.4, 0.5) is 14.4 Å². The lowest BCUT2D eigenvalue weighted by molar-refractivity contribution is -0.109. The van der Waals surface area contributed by atoms with Crippen molar-refractivity contribution < 1.29 is 77.5 Å². The van der Waals surface area contributed by atoms with E-state index in [4.69, 9.17) is 89.4 Å². The summed E-state index contributed by atoms with van der Waals surface area (Å²) in [7, 11) is 10.6. The number of nitrogens with two attached hydrogens (primary N) is 1. The number of halogens is 4. The molecule has 0 aliphatic carbocycles. The predicted molar refractivity (Wildman–Crippen MR) is 394 cm³/mol. The highest BCUT2D eigenvalue weighted by Gasteiger charge is 2.40. The number of alkyl halides is 4. The number of nitrogens with one attached hydrogen (secondary N) is 4. The number of fused-ring (bicyclic) bond motifs is 4. The molecule has 0 spiro atoms. The van der Waals surface area contributed by atoms with Crippen molar-refractivity contribution in [3.63, 3.8) is 0 Å². The van der Waals surface area contributed by atoms with Crippen LogP contribution in [0.3, 0.4) is 0 Å². The van der Waals surface area contributed by atoms with Crippen molar-refractivity contribution in [1.29, 1.82) is 0 Å². The minimum atomic E-state index is -0.779. The Balaban J connectivity index is 0.000000233. The first-order valence-corrected chi connectivity index (χ1v) is 36.4. The number of aryl methyl sites for hydroxylation is 4. The summed E-state index contributed by atoms with van der Waals surface area (Å²) >= 11 is 19.1. The van der Waals surface area contributed by atoms with Crippen molar-refractivity contribution in [2.45, 2.75) is 134 Å². The van der Waals surface area contributed by atoms with Crippen LogP contribution < -0.4 is 28.0 Å². The largest absolute Gasteiger partial charge is 0.455 e. The van der Waals surface area contributed by atoms with Gasteiger partial charge in [0, 0.05) is 92.8 Å². The number of aromatic amines is 4. The number of amides is 1. The zero-order valence-corrected chi connectivity index (χ0v) is 64.7. The topological polar surface area (TPSA) is 489 Å². The SMILES string of the molecule is CN=PC(=O)OCC1OC(n2ccc3c(=O)[nH]c(C)nc32)C[C@H]1O.CN=PC(=O)OCC1OC(n2ccc3c(=O)[nH]c(C)nc32)C[C@H]1OC.CN=PC(C)=O.COCC1OC(n2ccc3c(=O)[nH]c(C)nc32)C[C@H]1O.Cc1nc2c(ccn2C2C[C@@H](O)C(CO)O2)c(=O)[nH]1.ClCCl.ClCCl.NC(=O)P. The van der Waals surface area contributed by atoms with Gasteiger partial charge in [-0.2, -0.15) is 0 Å². The molecule has 0 aromatic carbocycles. The Morgan fingerprint density at radius 2 is 0.817 bits per heavy atom. The number of rotatable bonds is 15. The summed E-state index contributed by atoms with van der Waals surface area (Å²) in [5.74, 6) is 2.11. The summed E-state index contributed by atoms with van der Waals surface area (Å²) in [6.45, 7) is 8.51. The van der Waals surface area contributed by atoms with Crippen LogP contribution in [0.5, 0.6) is 0 Å². The zero-order chi connectivity index (χ0) is 77.1. The molecule has 104 heavy (non-hydrogen) atoms. The van der Waals surface area contributed by atoms with Gasteiger partial charge in [-0.3, -0.25) is 43.0 Å². The Hall–Kier alpha value is -6.75. The van der Waals surface area contributed by atoms with Gasteiger partial charge < -0.3 is 102 Å². The minimum Gasteiger partial charge on any atom is -0.455 e. The number of nitrogens with zero attached hydrogens (tertiary/aromatic N) is 11. The van der Waals surface area contributed by atoms with Crippen LogP contribution >= 0.6 is 80.8 Å². The first-order valence-electron chi connectivity index (χ1n) is 31.2. The number of aliphatic hydroxyl groups is 4. The fourth-order valence-corrected chi connectivity index (χ4v) is 11.6. The van der Waals surface area contributed by atoms with Crippen LogP contribution in [0.2, 0.25) is 0 Å². The molecule has 9 unspecified atom stereocenters. The second kappa shape index (κ2) is 43.8. The Bertz CT molecular complexity index is 4470. The molecular weight excluding hydrogens is 1530 g/mol. The van der Waals surface area contributed by atoms with Crippen LogP contribution in [-0.2, 0) is 42.7 Å². The third-order valence-electron chi connectivity index (χ3n) is 15.0. The summed E-state index contributed by atoms with van der Waals surface area (Å²) in [4.78, 5) is 118. The van der Waals surface area contributed by atoms with E-state index in [1.807, 2.05) is 4.57 Å². The molecule has 10 N–H and O–H groups in total. The maximum atomic E-state index is 12.0. The van der Waals surface area contributed by atoms with Crippen molar-refractivity contribution in [2.75, 3.05) is 72.5 Å². The molecule has 570 valence electrons. The molecule has 4 aliphatic rings. The van der Waals surface area contributed by atoms with Gasteiger partial charge in [-0.25, -0.2) is 29.5 Å². The van der Waals surface area contributed by atoms with Gasteiger partial charge >= 0.3 is 11.4 Å². The third kappa shape index (κ3) is 25.2. The molecule has 0 saturated carbocycles. The Labute approximate surface area is 620 Å². The van der Waals surface area contributed by atoms with Crippen LogP contribution in [-0.4, -0.2) is 222 Å². The molecule has 0 radical (unpaired) electrons. The van der Waals surface area contributed by atoms with E-state index in [1.54, 1.807) is 121 Å². The number of methoxy groups -OCH3 is 2. The van der Waals surface area contributed by atoms with Gasteiger partial charge in [0.25, 0.3) is 22.2 Å². The highest BCUT2D eigenvalue weighted by molar-refractivity contribution is 7.48. The average Bonchev–Trinajstić information content (AvgIpc) is 1.66. The van der Waals surface area contributed by atoms with Crippen molar-refractivity contribution in [1.82, 2.24) is 58.1 Å². The molecule has 4 fully saturated rings. The van der Waals surface area contributed by atoms with Crippen LogP contribution in [0.1, 0.15) is 80.8 Å². The quantitative estimate of drug-likeness (QED) is 0.0348. The molecule has 4 aliphatic heterocycles. The number of primary amides is 1. The lowest BCUT2D eigenvalue weighted by Crippen LogP contribution is -2.28. The van der Waals surface area contributed by atoms with E-state index in [9.17, 15) is 53.7 Å². The summed E-state index contributed by atoms with van der Waals surface area (Å²) in [6, 6.07) is 6.74. The lowest BCUT2D eigenvalue weighted by Gasteiger charge is -2.16. The van der Waals surface area contributed by atoms with E-state index >= 15 is 0 Å². The predicted octanol–water partition coefficient (Wildman–Crippen LogP) is 7.89. The van der Waals surface area contributed by atoms with Crippen LogP contribution in [0.25, 0.3) is 44.1 Å². The zero-order valence-electron chi connectivity index (χ0n) is 57.9. The number of hydrogen-bond donors (Lipinski definition) is 9. The number of aliphatic hydroxyl groups excluding tert-OH is 4. The number of ether oxygens (including phenoxy) is 8. The summed E-state index contributed by atoms with van der Waals surface area (Å²) < 4.78 is 61.7. The minimum absolute atomic E-state index is 0.0503. The van der Waals surface area contributed by atoms with E-state index < -0.39 is 66.1 Å². The van der Waals surface area contributed by atoms with Gasteiger partial charge in [-0.05, 0) is 61.2 Å². The molecule has 12 heterocycles. The maximum absolute atomic E-state index is 12.0. The first kappa shape index (κ1) is 87.9. The van der Waals surface area contributed by atoms with E-state index in [1.165, 1.54) is 21.0 Å². The molecule has 8 aromatic rings. The standard InChI is InChI=1S/C15H19N4O5P.C14H17N4O5P.C13H17N3O4.C12H15N3O4.C3H6NOP.2CH2Cl2.CH4NOP/c1-8-17-13-9(14(20)18-8)4-5-19(13)12-6-10(22-3)11(24-12)7-23-15(21)25-16-2;1-7-16-12-8(13(20)17-7)3-4-18(12)11-5-9(19)10(23-11)6-22-14(21)24-15-2;1-7-14-12-8(13(18)15-7)3-4-16(12)11-5-9(17)10(20-11)6-19-2;1-6-13-11-7(12(18)14-6)2-3-15(11)10-4-8(17)9(5-16)19-10;1-3(5)6-4-2;2*2-1-3;2-1(3)4/h4-5,10-12H,6-7H2,1-3H3,(H,17,18,20);3-4,9-11,19H,5-6H2,1-2H3,(H,16,17,20);3-4,9-11,17H,5-6H2,1-2H3,(H,14,15,18);2-3,8-10,16-17H,4-5H2,1H3,(H,13,14,18);1-2H3;2*1H2;4H2,(H2,2,3)/t10-,11?,12?;2*9-,10?,11?;8-,9?,10?;;;;/m1111..../s1. The molecule has 12 rings (SSSR count). The number of H-pyrrole nitrogens is 4. The van der Waals surface area contributed by atoms with E-state index in [2.05, 4.69) is 59.8 Å². The van der Waals surface area contributed by atoms with Gasteiger partial charge in [-0.15, -0.1) is 46.4 Å². The van der Waals surface area contributed by atoms with Crippen molar-refractivity contribution in [2.24, 2.45) is 20.0 Å². The Morgan fingerprint density at radius 3 is 1.09 bits per heavy atom. The summed E-state index contributed by atoms with van der Waals surface area (Å²) in [6.07, 6.45) is 2.76. The van der Waals surface area contributed by atoms with E-state index in [0.29, 0.717) is 108 Å². The highest BCUT2D eigenvalue weighted by Crippen LogP contribution is 2.36. The second-order valence-electron chi connectivity index (χ2n) is 22.2. The van der Waals surface area contributed by atoms with Crippen molar-refractivity contribution in [3.05, 3.63) is 114 Å². The normalized spacial score (nSPS) is 22.4. The van der Waals surface area contributed by atoms with Gasteiger partial charge in [0.15, 0.2) is 5.52 Å². The second-order valence-corrected chi connectivity index (χ2v) is 27.5. The molecule has 0 bridgehead atoms. The van der Waals surface area contributed by atoms with Crippen LogP contribution in [0, 0.1) is 27.7 Å². The van der Waals surface area contributed by atoms with Crippen LogP contribution in [0.15, 0.2) is 82.5 Å². The molecule has 4 saturated heterocycles. The monoisotopic (exact) mass is 1610 g/mol. The van der Waals surface area contributed by atoms with E-state index in [-0.39, 0.29) is 99.7 Å². The molecule has 36 nitrogen and oxygen atoms in total. The van der Waals surface area contributed by atoms with Crippen molar-refractivity contribution >= 4 is 147 Å². The van der Waals surface area contributed by atoms with Gasteiger partial charge in [0.1, 0.15) is 125 Å². The lowest BCUT2D eigenvalue weighted by atomic mass is 10.2. The molecule has 8 aromatic heterocycles. The van der Waals surface area contributed by atoms with E-state index in [0.717, 1.165) is 0 Å². The highest BCUT2D eigenvalue weighted by atomic mass is 35.5. The molecule has 44 heteroatoms. The average molecular weight is 1610 g/mol. The number of carbonyl (C=O) groups is 4. The smallest absolute Gasteiger partial charge is 0.375 e. The molecular formula is C60H82Cl4N16O20P4. The Morgan fingerprint density at radius 1 is 0.538 bits per heavy atom. The summed E-state index contributed by atoms with van der Waals surface area (Å²) in [5, 5.41) is 41.3. The number of aromatic nitrogens is 12. The fraction of sp³-hybridized carbons (Fsp3) is 0.533. The van der Waals surface area contributed by atoms with Gasteiger partial charge in [0.05, 0.1) is 78.2 Å². The molecule has 13 atom stereocenters. The molecule has 1 amide bonds. The number of carbonyl (C=O) groups excluding carboxylic acids is 4. The fourth-order valence-electron chi connectivity index (χ4n) is 10.8. The number of hydrogen-bond acceptors (Lipinski definition) is 27. The van der Waals surface area contributed by atoms with Gasteiger partial charge in [-0.1, -0.05) is 0 Å². The maximum Gasteiger partial charge on any atom is 0.375 e. The van der Waals surface area contributed by atoms with Gasteiger partial charge in [0.2, 0.25) is 5.65 Å². The summed E-state index contributed by atoms with van der Waals surface area (Å²) in [5.41, 5.74) is 4.57. The Kier molecular flexibility index (Phi) is 37.0. The van der Waals surface area contributed by atoms with Crippen molar-refractivity contribution in [3.8, 4) is 0 Å². The first-order chi connectivity index (χ1) is 49.5.